The molecule has 0 aromatic heterocycles. The van der Waals surface area contributed by atoms with Crippen molar-refractivity contribution in [2.75, 3.05) is 0 Å². The van der Waals surface area contributed by atoms with Crippen molar-refractivity contribution in [2.45, 2.75) is 4.97 Å². The Bertz CT molecular complexity index is 388. The molecule has 1 aromatic carbocycles. The average molecular weight is 431 g/mol. The minimum absolute atomic E-state index is 1.12. The quantitative estimate of drug-likeness (QED) is 0.522. The molecular weight excluding hydrogens is 422 g/mol. The van der Waals surface area contributed by atoms with Crippen LogP contribution in [0, 0.1) is 11.3 Å². The summed E-state index contributed by atoms with van der Waals surface area (Å²) in [5.41, 5.74) is 1.12. The van der Waals surface area contributed by atoms with Crippen molar-refractivity contribution in [3.8, 4) is 6.07 Å². The van der Waals surface area contributed by atoms with Crippen molar-refractivity contribution >= 4 is 49.0 Å². The molecule has 0 N–H and O–H groups in total. The number of halogens is 2. The van der Waals surface area contributed by atoms with Crippen LogP contribution in [0.5, 0.6) is 0 Å². The number of nitrogens with zero attached hydrogens (tertiary/aromatic N) is 1. The Morgan fingerprint density at radius 2 is 2.00 bits per heavy atom. The topological polar surface area (TPSA) is 23.8 Å². The van der Waals surface area contributed by atoms with Crippen LogP contribution >= 0.6 is 25.5 Å². The molecule has 0 saturated carbocycles. The molecule has 0 saturated heterocycles. The number of rotatable bonds is 2. The van der Waals surface area contributed by atoms with Gasteiger partial charge in [0.1, 0.15) is 0 Å². The van der Waals surface area contributed by atoms with Crippen molar-refractivity contribution in [3.05, 3.63) is 35.9 Å². The summed E-state index contributed by atoms with van der Waals surface area (Å²) >= 11 is 5.26. The normalized spacial score (nSPS) is 12.7. The maximum atomic E-state index is 8.48. The fourth-order valence-corrected chi connectivity index (χ4v) is 7.50. The Kier molecular flexibility index (Phi) is 4.67. The molecule has 0 bridgehead atoms. The molecule has 14 heavy (non-hydrogen) atoms. The zero-order valence-electron chi connectivity index (χ0n) is 7.58. The third-order valence-corrected chi connectivity index (χ3v) is 9.59. The molecule has 74 valence electrons. The van der Waals surface area contributed by atoms with E-state index in [-0.39, 0.29) is 0 Å². The first-order valence-electron chi connectivity index (χ1n) is 3.88. The van der Waals surface area contributed by atoms with E-state index in [2.05, 4.69) is 36.5 Å². The molecule has 0 spiro atoms. The van der Waals surface area contributed by atoms with E-state index >= 15 is 0 Å². The Hall–Kier alpha value is 0.200. The minimum atomic E-state index is -2.18. The fraction of sp³-hybridized carbons (Fsp3) is 0.100. The Balaban J connectivity index is 3.18. The van der Waals surface area contributed by atoms with E-state index in [1.54, 1.807) is 0 Å². The third-order valence-electron chi connectivity index (χ3n) is 1.64. The van der Waals surface area contributed by atoms with Gasteiger partial charge in [-0.15, -0.1) is 0 Å². The SMILES string of the molecule is C[Te](Br)(Br)c1ccccc1/C=C/C#N. The summed E-state index contributed by atoms with van der Waals surface area (Å²) in [5, 5.41) is 8.48. The van der Waals surface area contributed by atoms with Crippen molar-refractivity contribution in [3.63, 3.8) is 0 Å². The van der Waals surface area contributed by atoms with Crippen molar-refractivity contribution in [1.82, 2.24) is 0 Å². The van der Waals surface area contributed by atoms with E-state index in [9.17, 15) is 0 Å². The van der Waals surface area contributed by atoms with Crippen LogP contribution in [0.25, 0.3) is 6.08 Å². The third kappa shape index (κ3) is 3.40. The van der Waals surface area contributed by atoms with E-state index in [4.69, 9.17) is 5.26 Å². The van der Waals surface area contributed by atoms with Crippen LogP contribution in [0.3, 0.4) is 0 Å². The number of hydrogen-bond donors (Lipinski definition) is 0. The molecule has 1 rings (SSSR count). The predicted molar refractivity (Wildman–Crippen MR) is 70.2 cm³/mol. The molecule has 0 heterocycles. The summed E-state index contributed by atoms with van der Waals surface area (Å²) in [7, 11) is 0. The molecule has 0 aliphatic rings. The van der Waals surface area contributed by atoms with Crippen LogP contribution in [0.4, 0.5) is 0 Å². The summed E-state index contributed by atoms with van der Waals surface area (Å²) in [6, 6.07) is 10.1. The van der Waals surface area contributed by atoms with E-state index < -0.39 is 13.8 Å². The maximum absolute atomic E-state index is 8.48. The molecule has 0 aliphatic carbocycles. The van der Waals surface area contributed by atoms with Gasteiger partial charge in [0.15, 0.2) is 0 Å². The number of hydrogen-bond acceptors (Lipinski definition) is 1. The summed E-state index contributed by atoms with van der Waals surface area (Å²) in [4.78, 5) is 2.20. The second-order valence-electron chi connectivity index (χ2n) is 2.73. The first-order chi connectivity index (χ1) is 6.55. The molecule has 1 nitrogen and oxygen atoms in total. The van der Waals surface area contributed by atoms with Gasteiger partial charge < -0.3 is 0 Å². The molecule has 0 fully saturated rings. The molecule has 0 radical (unpaired) electrons. The Morgan fingerprint density at radius 3 is 2.57 bits per heavy atom. The number of allylic oxidation sites excluding steroid dienone is 1. The monoisotopic (exact) mass is 431 g/mol. The molecule has 1 aromatic rings. The van der Waals surface area contributed by atoms with E-state index in [1.807, 2.05) is 30.3 Å². The second kappa shape index (κ2) is 5.33. The average Bonchev–Trinajstić information content (AvgIpc) is 2.14. The van der Waals surface area contributed by atoms with Crippen LogP contribution in [0.2, 0.25) is 4.97 Å². The zero-order chi connectivity index (χ0) is 10.6. The van der Waals surface area contributed by atoms with Crippen molar-refractivity contribution in [2.24, 2.45) is 0 Å². The van der Waals surface area contributed by atoms with Gasteiger partial charge in [0.2, 0.25) is 0 Å². The molecule has 0 aliphatic heterocycles. The second-order valence-corrected chi connectivity index (χ2v) is 31.3. The van der Waals surface area contributed by atoms with Gasteiger partial charge in [-0.25, -0.2) is 0 Å². The van der Waals surface area contributed by atoms with Gasteiger partial charge >= 0.3 is 101 Å². The molecule has 4 heteroatoms. The van der Waals surface area contributed by atoms with Gasteiger partial charge in [-0.3, -0.25) is 0 Å². The number of benzene rings is 1. The van der Waals surface area contributed by atoms with E-state index in [1.165, 1.54) is 9.69 Å². The molecular formula is C10H9Br2NTe. The van der Waals surface area contributed by atoms with Gasteiger partial charge in [0, 0.05) is 0 Å². The molecule has 0 amide bonds. The van der Waals surface area contributed by atoms with Crippen LogP contribution in [0.1, 0.15) is 5.56 Å². The van der Waals surface area contributed by atoms with Crippen molar-refractivity contribution < 1.29 is 0 Å². The van der Waals surface area contributed by atoms with E-state index in [0.717, 1.165) is 5.56 Å². The van der Waals surface area contributed by atoms with Crippen molar-refractivity contribution in [1.29, 1.82) is 5.26 Å². The van der Waals surface area contributed by atoms with Crippen LogP contribution in [-0.2, 0) is 0 Å². The first kappa shape index (κ1) is 12.3. The van der Waals surface area contributed by atoms with Crippen LogP contribution in [-0.4, -0.2) is 13.8 Å². The number of nitriles is 1. The summed E-state index contributed by atoms with van der Waals surface area (Å²) in [6.07, 6.45) is 3.36. The van der Waals surface area contributed by atoms with Gasteiger partial charge in [-0.05, 0) is 0 Å². The summed E-state index contributed by atoms with van der Waals surface area (Å²) in [5.74, 6) is 0. The fourth-order valence-electron chi connectivity index (χ4n) is 1.07. The first-order valence-corrected chi connectivity index (χ1v) is 17.8. The standard InChI is InChI=1S/C10H9Br2NTe/c1-14(11,12)10-7-3-2-5-9(10)6-4-8-13/h2-7H,1H3/b6-4+. The van der Waals surface area contributed by atoms with E-state index in [0.29, 0.717) is 0 Å². The van der Waals surface area contributed by atoms with Gasteiger partial charge in [0.05, 0.1) is 0 Å². The van der Waals surface area contributed by atoms with Crippen LogP contribution < -0.4 is 3.61 Å². The predicted octanol–water partition coefficient (Wildman–Crippen LogP) is 3.29. The van der Waals surface area contributed by atoms with Crippen LogP contribution in [0.15, 0.2) is 30.3 Å². The zero-order valence-corrected chi connectivity index (χ0v) is 13.1. The molecule has 0 atom stereocenters. The van der Waals surface area contributed by atoms with Gasteiger partial charge in [0.25, 0.3) is 0 Å². The Labute approximate surface area is 100 Å². The van der Waals surface area contributed by atoms with Gasteiger partial charge in [-0.1, -0.05) is 0 Å². The van der Waals surface area contributed by atoms with Gasteiger partial charge in [-0.2, -0.15) is 0 Å². The summed E-state index contributed by atoms with van der Waals surface area (Å²) in [6.45, 7) is 0. The molecule has 0 unspecified atom stereocenters. The summed E-state index contributed by atoms with van der Waals surface area (Å²) < 4.78 is 1.29. The Morgan fingerprint density at radius 1 is 1.36 bits per heavy atom.